The second kappa shape index (κ2) is 4.41. The minimum atomic E-state index is 0.514. The molecule has 0 saturated carbocycles. The standard InChI is InChI=1S/C11H11N3O/c15-13-11(8-14-7-6-12-9-14)10-4-2-1-3-5-10/h1-7,9,15H,8H2/b13-11+. The zero-order valence-corrected chi connectivity index (χ0v) is 8.11. The molecular formula is C11H11N3O. The first-order valence-corrected chi connectivity index (χ1v) is 4.62. The van der Waals surface area contributed by atoms with Crippen LogP contribution in [0.25, 0.3) is 0 Å². The van der Waals surface area contributed by atoms with Crippen molar-refractivity contribution < 1.29 is 5.21 Å². The number of imidazole rings is 1. The fourth-order valence-electron chi connectivity index (χ4n) is 1.36. The summed E-state index contributed by atoms with van der Waals surface area (Å²) >= 11 is 0. The summed E-state index contributed by atoms with van der Waals surface area (Å²) in [7, 11) is 0. The molecule has 0 atom stereocenters. The Morgan fingerprint density at radius 3 is 2.73 bits per heavy atom. The van der Waals surface area contributed by atoms with Crippen molar-refractivity contribution in [2.75, 3.05) is 0 Å². The fraction of sp³-hybridized carbons (Fsp3) is 0.0909. The molecule has 15 heavy (non-hydrogen) atoms. The molecule has 1 N–H and O–H groups in total. The number of hydrogen-bond donors (Lipinski definition) is 1. The fourth-order valence-corrected chi connectivity index (χ4v) is 1.36. The Bertz CT molecular complexity index is 434. The molecule has 0 aliphatic heterocycles. The van der Waals surface area contributed by atoms with Crippen LogP contribution in [0.4, 0.5) is 0 Å². The van der Waals surface area contributed by atoms with Crippen molar-refractivity contribution in [2.45, 2.75) is 6.54 Å². The van der Waals surface area contributed by atoms with E-state index in [1.807, 2.05) is 41.1 Å². The first kappa shape index (κ1) is 9.45. The Labute approximate surface area is 87.5 Å². The molecule has 2 aromatic rings. The maximum atomic E-state index is 8.93. The average molecular weight is 201 g/mol. The van der Waals surface area contributed by atoms with Crippen LogP contribution >= 0.6 is 0 Å². The summed E-state index contributed by atoms with van der Waals surface area (Å²) in [5.41, 5.74) is 1.53. The van der Waals surface area contributed by atoms with Crippen molar-refractivity contribution in [1.82, 2.24) is 9.55 Å². The Morgan fingerprint density at radius 1 is 1.33 bits per heavy atom. The summed E-state index contributed by atoms with van der Waals surface area (Å²) in [5.74, 6) is 0. The highest BCUT2D eigenvalue weighted by Gasteiger charge is 2.03. The van der Waals surface area contributed by atoms with E-state index in [-0.39, 0.29) is 0 Å². The number of hydrogen-bond acceptors (Lipinski definition) is 3. The van der Waals surface area contributed by atoms with E-state index < -0.39 is 0 Å². The molecule has 0 amide bonds. The molecule has 0 radical (unpaired) electrons. The Balaban J connectivity index is 2.20. The second-order valence-corrected chi connectivity index (χ2v) is 3.15. The predicted octanol–water partition coefficient (Wildman–Crippen LogP) is 1.76. The summed E-state index contributed by atoms with van der Waals surface area (Å²) in [6.07, 6.45) is 5.21. The van der Waals surface area contributed by atoms with E-state index >= 15 is 0 Å². The van der Waals surface area contributed by atoms with Crippen molar-refractivity contribution in [1.29, 1.82) is 0 Å². The van der Waals surface area contributed by atoms with Crippen LogP contribution in [0.5, 0.6) is 0 Å². The van der Waals surface area contributed by atoms with E-state index in [0.29, 0.717) is 12.3 Å². The zero-order valence-electron chi connectivity index (χ0n) is 8.11. The van der Waals surface area contributed by atoms with Crippen molar-refractivity contribution >= 4 is 5.71 Å². The van der Waals surface area contributed by atoms with Gasteiger partial charge >= 0.3 is 0 Å². The van der Waals surface area contributed by atoms with Crippen LogP contribution in [0.15, 0.2) is 54.2 Å². The first-order chi connectivity index (χ1) is 7.40. The van der Waals surface area contributed by atoms with E-state index in [1.165, 1.54) is 0 Å². The van der Waals surface area contributed by atoms with Gasteiger partial charge in [0.05, 0.1) is 12.9 Å². The van der Waals surface area contributed by atoms with Gasteiger partial charge in [0.15, 0.2) is 0 Å². The Morgan fingerprint density at radius 2 is 2.13 bits per heavy atom. The quantitative estimate of drug-likeness (QED) is 0.467. The normalized spacial score (nSPS) is 11.6. The lowest BCUT2D eigenvalue weighted by Crippen LogP contribution is -2.10. The van der Waals surface area contributed by atoms with E-state index in [4.69, 9.17) is 5.21 Å². The number of nitrogens with zero attached hydrogens (tertiary/aromatic N) is 3. The highest BCUT2D eigenvalue weighted by molar-refractivity contribution is 5.99. The summed E-state index contributed by atoms with van der Waals surface area (Å²) in [6, 6.07) is 9.57. The predicted molar refractivity (Wildman–Crippen MR) is 57.0 cm³/mol. The number of aromatic nitrogens is 2. The van der Waals surface area contributed by atoms with Crippen LogP contribution in [-0.4, -0.2) is 20.5 Å². The van der Waals surface area contributed by atoms with Crippen LogP contribution in [0.1, 0.15) is 5.56 Å². The molecule has 1 aromatic carbocycles. The molecule has 2 rings (SSSR count). The molecule has 0 unspecified atom stereocenters. The van der Waals surface area contributed by atoms with Crippen LogP contribution in [0.2, 0.25) is 0 Å². The molecule has 0 fully saturated rings. The summed E-state index contributed by atoms with van der Waals surface area (Å²) in [4.78, 5) is 3.93. The van der Waals surface area contributed by atoms with Crippen LogP contribution in [0, 0.1) is 0 Å². The highest BCUT2D eigenvalue weighted by Crippen LogP contribution is 2.03. The molecule has 1 heterocycles. The summed E-state index contributed by atoms with van der Waals surface area (Å²) in [6.45, 7) is 0.514. The lowest BCUT2D eigenvalue weighted by atomic mass is 10.1. The van der Waals surface area contributed by atoms with Crippen molar-refractivity contribution in [3.8, 4) is 0 Å². The van der Waals surface area contributed by atoms with Gasteiger partial charge in [-0.2, -0.15) is 0 Å². The first-order valence-electron chi connectivity index (χ1n) is 4.62. The molecular weight excluding hydrogens is 190 g/mol. The van der Waals surface area contributed by atoms with Crippen LogP contribution < -0.4 is 0 Å². The Kier molecular flexibility index (Phi) is 2.78. The van der Waals surface area contributed by atoms with E-state index in [1.54, 1.807) is 12.5 Å². The van der Waals surface area contributed by atoms with Gasteiger partial charge in [-0.25, -0.2) is 4.98 Å². The van der Waals surface area contributed by atoms with E-state index in [2.05, 4.69) is 10.1 Å². The van der Waals surface area contributed by atoms with Gasteiger partial charge in [-0.1, -0.05) is 35.5 Å². The van der Waals surface area contributed by atoms with Gasteiger partial charge in [-0.3, -0.25) is 0 Å². The maximum absolute atomic E-state index is 8.93. The van der Waals surface area contributed by atoms with Gasteiger partial charge in [-0.15, -0.1) is 0 Å². The lowest BCUT2D eigenvalue weighted by molar-refractivity contribution is 0.317. The number of rotatable bonds is 3. The largest absolute Gasteiger partial charge is 0.411 e. The average Bonchev–Trinajstić information content (AvgIpc) is 2.80. The van der Waals surface area contributed by atoms with Gasteiger partial charge in [0.25, 0.3) is 0 Å². The van der Waals surface area contributed by atoms with Crippen molar-refractivity contribution in [2.24, 2.45) is 5.16 Å². The summed E-state index contributed by atoms with van der Waals surface area (Å²) < 4.78 is 1.85. The van der Waals surface area contributed by atoms with Gasteiger partial charge in [0, 0.05) is 18.0 Å². The van der Waals surface area contributed by atoms with Gasteiger partial charge < -0.3 is 9.77 Å². The molecule has 4 nitrogen and oxygen atoms in total. The molecule has 0 spiro atoms. The van der Waals surface area contributed by atoms with Gasteiger partial charge in [0.2, 0.25) is 0 Å². The number of oxime groups is 1. The van der Waals surface area contributed by atoms with Crippen molar-refractivity contribution in [3.63, 3.8) is 0 Å². The van der Waals surface area contributed by atoms with Gasteiger partial charge in [0.1, 0.15) is 5.71 Å². The molecule has 76 valence electrons. The SMILES string of the molecule is O/N=C(\Cn1ccnc1)c1ccccc1. The van der Waals surface area contributed by atoms with E-state index in [0.717, 1.165) is 5.56 Å². The van der Waals surface area contributed by atoms with Gasteiger partial charge in [-0.05, 0) is 0 Å². The maximum Gasteiger partial charge on any atom is 0.106 e. The molecule has 0 aliphatic carbocycles. The molecule has 1 aromatic heterocycles. The van der Waals surface area contributed by atoms with Crippen LogP contribution in [-0.2, 0) is 6.54 Å². The monoisotopic (exact) mass is 201 g/mol. The minimum absolute atomic E-state index is 0.514. The zero-order chi connectivity index (χ0) is 10.5. The van der Waals surface area contributed by atoms with Crippen LogP contribution in [0.3, 0.4) is 0 Å². The van der Waals surface area contributed by atoms with E-state index in [9.17, 15) is 0 Å². The third-order valence-corrected chi connectivity index (χ3v) is 2.12. The topological polar surface area (TPSA) is 50.4 Å². The second-order valence-electron chi connectivity index (χ2n) is 3.15. The third kappa shape index (κ3) is 2.22. The highest BCUT2D eigenvalue weighted by atomic mass is 16.4. The Hall–Kier alpha value is -2.10. The number of benzene rings is 1. The summed E-state index contributed by atoms with van der Waals surface area (Å²) in [5, 5.41) is 12.2. The molecule has 4 heteroatoms. The lowest BCUT2D eigenvalue weighted by Gasteiger charge is -2.04. The molecule has 0 bridgehead atoms. The third-order valence-electron chi connectivity index (χ3n) is 2.12. The van der Waals surface area contributed by atoms with Crippen molar-refractivity contribution in [3.05, 3.63) is 54.6 Å². The smallest absolute Gasteiger partial charge is 0.106 e. The molecule has 0 saturated heterocycles. The molecule has 0 aliphatic rings. The minimum Gasteiger partial charge on any atom is -0.411 e.